The largest absolute Gasteiger partial charge is 0.256 e. The molecule has 0 aliphatic heterocycles. The Balaban J connectivity index is 2.89. The van der Waals surface area contributed by atoms with Crippen molar-refractivity contribution in [2.75, 3.05) is 0 Å². The van der Waals surface area contributed by atoms with Gasteiger partial charge in [0.25, 0.3) is 0 Å². The van der Waals surface area contributed by atoms with Crippen LogP contribution in [0.25, 0.3) is 10.9 Å². The fraction of sp³-hybridized carbons (Fsp3) is 0. The topological polar surface area (TPSA) is 12.9 Å². The van der Waals surface area contributed by atoms with Crippen molar-refractivity contribution in [2.45, 2.75) is 0 Å². The molecule has 1 nitrogen and oxygen atoms in total. The quantitative estimate of drug-likeness (QED) is 0.584. The van der Waals surface area contributed by atoms with E-state index in [0.717, 1.165) is 6.07 Å². The van der Waals surface area contributed by atoms with Crippen LogP contribution in [0.5, 0.6) is 0 Å². The molecule has 12 heavy (non-hydrogen) atoms. The standard InChI is InChI=1S/C9H5F2N/c10-6-4-8(11)7-2-1-3-12-9(7)5-6/h1-5H. The van der Waals surface area contributed by atoms with E-state index in [1.165, 1.54) is 12.3 Å². The summed E-state index contributed by atoms with van der Waals surface area (Å²) in [5.74, 6) is -1.17. The Bertz CT molecular complexity index is 426. The van der Waals surface area contributed by atoms with Crippen LogP contribution < -0.4 is 0 Å². The molecule has 0 fully saturated rings. The van der Waals surface area contributed by atoms with E-state index in [2.05, 4.69) is 4.98 Å². The van der Waals surface area contributed by atoms with Crippen molar-refractivity contribution >= 4 is 10.9 Å². The van der Waals surface area contributed by atoms with Crippen LogP contribution in [0, 0.1) is 11.6 Å². The summed E-state index contributed by atoms with van der Waals surface area (Å²) in [6, 6.07) is 5.24. The highest BCUT2D eigenvalue weighted by molar-refractivity contribution is 5.78. The van der Waals surface area contributed by atoms with Gasteiger partial charge in [-0.3, -0.25) is 4.98 Å². The Kier molecular flexibility index (Phi) is 1.50. The summed E-state index contributed by atoms with van der Waals surface area (Å²) in [7, 11) is 0. The van der Waals surface area contributed by atoms with Gasteiger partial charge in [-0.1, -0.05) is 0 Å². The van der Waals surface area contributed by atoms with Gasteiger partial charge in [0.1, 0.15) is 11.6 Å². The number of benzene rings is 1. The minimum Gasteiger partial charge on any atom is -0.256 e. The van der Waals surface area contributed by atoms with Crippen LogP contribution in [0.15, 0.2) is 30.5 Å². The SMILES string of the molecule is Fc1cc(F)c2cccnc2c1. The smallest absolute Gasteiger partial charge is 0.135 e. The summed E-state index contributed by atoms with van der Waals surface area (Å²) in [4.78, 5) is 3.82. The first-order chi connectivity index (χ1) is 5.77. The van der Waals surface area contributed by atoms with Crippen molar-refractivity contribution < 1.29 is 8.78 Å². The monoisotopic (exact) mass is 165 g/mol. The molecule has 0 N–H and O–H groups in total. The Morgan fingerprint density at radius 1 is 1.17 bits per heavy atom. The van der Waals surface area contributed by atoms with Crippen LogP contribution in [0.2, 0.25) is 0 Å². The maximum Gasteiger partial charge on any atom is 0.135 e. The molecule has 0 atom stereocenters. The van der Waals surface area contributed by atoms with Crippen LogP contribution in [0.4, 0.5) is 8.78 Å². The number of halogens is 2. The predicted molar refractivity (Wildman–Crippen MR) is 41.7 cm³/mol. The van der Waals surface area contributed by atoms with E-state index in [1.54, 1.807) is 12.1 Å². The lowest BCUT2D eigenvalue weighted by Gasteiger charge is -1.97. The van der Waals surface area contributed by atoms with Crippen molar-refractivity contribution in [3.05, 3.63) is 42.1 Å². The zero-order valence-electron chi connectivity index (χ0n) is 6.09. The number of hydrogen-bond donors (Lipinski definition) is 0. The second kappa shape index (κ2) is 2.52. The highest BCUT2D eigenvalue weighted by atomic mass is 19.1. The summed E-state index contributed by atoms with van der Waals surface area (Å²) in [6.45, 7) is 0. The average molecular weight is 165 g/mol. The summed E-state index contributed by atoms with van der Waals surface area (Å²) in [5.41, 5.74) is 0.343. The first-order valence-corrected chi connectivity index (χ1v) is 3.47. The summed E-state index contributed by atoms with van der Waals surface area (Å²) >= 11 is 0. The van der Waals surface area contributed by atoms with Gasteiger partial charge in [0.05, 0.1) is 5.52 Å². The molecule has 3 heteroatoms. The normalized spacial score (nSPS) is 10.5. The van der Waals surface area contributed by atoms with Gasteiger partial charge in [0.2, 0.25) is 0 Å². The second-order valence-corrected chi connectivity index (χ2v) is 2.46. The van der Waals surface area contributed by atoms with E-state index in [4.69, 9.17) is 0 Å². The van der Waals surface area contributed by atoms with Crippen molar-refractivity contribution in [3.63, 3.8) is 0 Å². The molecule has 2 rings (SSSR count). The Hall–Kier alpha value is -1.51. The van der Waals surface area contributed by atoms with Crippen molar-refractivity contribution in [1.82, 2.24) is 4.98 Å². The fourth-order valence-corrected chi connectivity index (χ4v) is 1.11. The number of fused-ring (bicyclic) bond motifs is 1. The van der Waals surface area contributed by atoms with E-state index in [0.29, 0.717) is 10.9 Å². The molecular weight excluding hydrogens is 160 g/mol. The number of aromatic nitrogens is 1. The van der Waals surface area contributed by atoms with E-state index >= 15 is 0 Å². The molecule has 0 bridgehead atoms. The lowest BCUT2D eigenvalue weighted by Crippen LogP contribution is -1.84. The lowest BCUT2D eigenvalue weighted by atomic mass is 10.2. The summed E-state index contributed by atoms with van der Waals surface area (Å²) in [6.07, 6.45) is 1.50. The Labute approximate surface area is 67.7 Å². The maximum atomic E-state index is 13.0. The summed E-state index contributed by atoms with van der Waals surface area (Å²) in [5, 5.41) is 0.346. The molecule has 0 aliphatic carbocycles. The first kappa shape index (κ1) is 7.16. The Morgan fingerprint density at radius 2 is 2.00 bits per heavy atom. The second-order valence-electron chi connectivity index (χ2n) is 2.46. The van der Waals surface area contributed by atoms with E-state index < -0.39 is 11.6 Å². The van der Waals surface area contributed by atoms with E-state index in [9.17, 15) is 8.78 Å². The van der Waals surface area contributed by atoms with Crippen LogP contribution in [0.1, 0.15) is 0 Å². The molecule has 0 amide bonds. The average Bonchev–Trinajstić information content (AvgIpc) is 2.04. The zero-order valence-corrected chi connectivity index (χ0v) is 6.09. The van der Waals surface area contributed by atoms with E-state index in [-0.39, 0.29) is 0 Å². The third-order valence-corrected chi connectivity index (χ3v) is 1.64. The molecule has 0 radical (unpaired) electrons. The van der Waals surface area contributed by atoms with Crippen molar-refractivity contribution in [2.24, 2.45) is 0 Å². The van der Waals surface area contributed by atoms with Gasteiger partial charge in [-0.2, -0.15) is 0 Å². The van der Waals surface area contributed by atoms with Gasteiger partial charge in [-0.15, -0.1) is 0 Å². The third kappa shape index (κ3) is 1.03. The van der Waals surface area contributed by atoms with Crippen LogP contribution >= 0.6 is 0 Å². The molecule has 60 valence electrons. The predicted octanol–water partition coefficient (Wildman–Crippen LogP) is 2.51. The minimum atomic E-state index is -0.598. The highest BCUT2D eigenvalue weighted by Crippen LogP contribution is 2.16. The molecule has 0 spiro atoms. The van der Waals surface area contributed by atoms with Gasteiger partial charge in [0.15, 0.2) is 0 Å². The molecule has 2 aromatic rings. The molecular formula is C9H5F2N. The number of hydrogen-bond acceptors (Lipinski definition) is 1. The molecule has 0 saturated carbocycles. The number of rotatable bonds is 0. The van der Waals surface area contributed by atoms with Gasteiger partial charge in [0, 0.05) is 23.7 Å². The van der Waals surface area contributed by atoms with Gasteiger partial charge in [-0.05, 0) is 12.1 Å². The maximum absolute atomic E-state index is 13.0. The fourth-order valence-electron chi connectivity index (χ4n) is 1.11. The van der Waals surface area contributed by atoms with Gasteiger partial charge in [-0.25, -0.2) is 8.78 Å². The molecule has 0 unspecified atom stereocenters. The van der Waals surface area contributed by atoms with Crippen molar-refractivity contribution in [3.8, 4) is 0 Å². The molecule has 0 saturated heterocycles. The Morgan fingerprint density at radius 3 is 2.83 bits per heavy atom. The lowest BCUT2D eigenvalue weighted by molar-refractivity contribution is 0.591. The van der Waals surface area contributed by atoms with Gasteiger partial charge >= 0.3 is 0 Å². The van der Waals surface area contributed by atoms with E-state index in [1.807, 2.05) is 0 Å². The molecule has 1 heterocycles. The third-order valence-electron chi connectivity index (χ3n) is 1.64. The zero-order chi connectivity index (χ0) is 8.55. The summed E-state index contributed by atoms with van der Waals surface area (Å²) < 4.78 is 25.6. The first-order valence-electron chi connectivity index (χ1n) is 3.47. The van der Waals surface area contributed by atoms with Crippen molar-refractivity contribution in [1.29, 1.82) is 0 Å². The highest BCUT2D eigenvalue weighted by Gasteiger charge is 2.02. The number of nitrogens with zero attached hydrogens (tertiary/aromatic N) is 1. The van der Waals surface area contributed by atoms with Crippen LogP contribution in [0.3, 0.4) is 0 Å². The molecule has 0 aliphatic rings. The number of pyridine rings is 1. The molecule has 1 aromatic heterocycles. The molecule has 1 aromatic carbocycles. The van der Waals surface area contributed by atoms with Crippen LogP contribution in [-0.4, -0.2) is 4.98 Å². The van der Waals surface area contributed by atoms with Gasteiger partial charge < -0.3 is 0 Å². The van der Waals surface area contributed by atoms with Crippen LogP contribution in [-0.2, 0) is 0 Å². The minimum absolute atomic E-state index is 0.343.